The Bertz CT molecular complexity index is 622. The first-order valence-corrected chi connectivity index (χ1v) is 3.84. The largest absolute Gasteiger partial charge is 0.497 e. The number of aromatic nitrogens is 2. The van der Waals surface area contributed by atoms with Crippen molar-refractivity contribution < 1.29 is 13.0 Å². The predicted octanol–water partition coefficient (Wildman–Crippen LogP) is 2.33. The molecule has 3 nitrogen and oxygen atoms in total. The number of halogens is 1. The number of methoxy groups -OCH3 is 1. The summed E-state index contributed by atoms with van der Waals surface area (Å²) in [6.07, 6.45) is 0. The number of imidazole rings is 1. The molecule has 12 heavy (non-hydrogen) atoms. The van der Waals surface area contributed by atoms with Gasteiger partial charge in [0.25, 0.3) is 0 Å². The average molecular weight is 233 g/mol. The van der Waals surface area contributed by atoms with Gasteiger partial charge in [-0.05, 0) is 28.0 Å². The van der Waals surface area contributed by atoms with Crippen molar-refractivity contribution in [3.05, 3.63) is 22.9 Å². The molecule has 0 radical (unpaired) electrons. The molecule has 4 heteroatoms. The number of fused-ring (bicyclic) bond motifs is 1. The maximum Gasteiger partial charge on any atom is 0.175 e. The van der Waals surface area contributed by atoms with Crippen LogP contribution in [0.25, 0.3) is 11.0 Å². The highest BCUT2D eigenvalue weighted by molar-refractivity contribution is 9.10. The molecule has 0 saturated carbocycles. The quantitative estimate of drug-likeness (QED) is 0.820. The molecule has 0 aliphatic rings. The van der Waals surface area contributed by atoms with Crippen molar-refractivity contribution in [2.45, 2.75) is 0 Å². The zero-order chi connectivity index (χ0) is 13.7. The van der Waals surface area contributed by atoms with E-state index in [2.05, 4.69) is 30.6 Å². The number of hydrogen-bond acceptors (Lipinski definition) is 2. The van der Waals surface area contributed by atoms with Gasteiger partial charge in [0.2, 0.25) is 0 Å². The summed E-state index contributed by atoms with van der Waals surface area (Å²) in [5.41, 5.74) is 0.275. The zero-order valence-corrected chi connectivity index (χ0v) is 7.32. The first kappa shape index (κ1) is 3.38. The fraction of sp³-hybridized carbons (Fsp3) is 0.125. The molecule has 0 bridgehead atoms. The maximum absolute atomic E-state index is 7.80. The molecule has 2 aromatic rings. The SMILES string of the molecule is [2H]c1c(OC([2H])([2H])[2H])c([2H])c2[nH]c(Br)nc2c1[2H]. The Morgan fingerprint density at radius 2 is 2.67 bits per heavy atom. The molecule has 62 valence electrons. The molecular formula is C8H7BrN2O. The van der Waals surface area contributed by atoms with Crippen LogP contribution in [0.5, 0.6) is 5.75 Å². The molecule has 0 spiro atoms. The lowest BCUT2D eigenvalue weighted by Gasteiger charge is -1.96. The number of benzene rings is 1. The molecule has 2 rings (SSSR count). The fourth-order valence-electron chi connectivity index (χ4n) is 0.837. The highest BCUT2D eigenvalue weighted by Gasteiger charge is 2.00. The molecule has 1 N–H and O–H groups in total. The first-order valence-electron chi connectivity index (χ1n) is 6.04. The third-order valence-electron chi connectivity index (χ3n) is 1.31. The smallest absolute Gasteiger partial charge is 0.175 e. The zero-order valence-electron chi connectivity index (χ0n) is 11.7. The third-order valence-corrected chi connectivity index (χ3v) is 1.69. The van der Waals surface area contributed by atoms with Crippen molar-refractivity contribution in [1.29, 1.82) is 0 Å². The summed E-state index contributed by atoms with van der Waals surface area (Å²) in [6, 6.07) is -1.06. The van der Waals surface area contributed by atoms with Gasteiger partial charge < -0.3 is 9.72 Å². The van der Waals surface area contributed by atoms with Gasteiger partial charge in [-0.25, -0.2) is 4.98 Å². The summed E-state index contributed by atoms with van der Waals surface area (Å²) < 4.78 is 49.0. The third kappa shape index (κ3) is 1.18. The van der Waals surface area contributed by atoms with Gasteiger partial charge in [0.1, 0.15) is 5.75 Å². The van der Waals surface area contributed by atoms with Gasteiger partial charge in [-0.15, -0.1) is 0 Å². The van der Waals surface area contributed by atoms with Crippen LogP contribution in [0, 0.1) is 0 Å². The maximum atomic E-state index is 7.80. The molecule has 1 heterocycles. The van der Waals surface area contributed by atoms with E-state index in [0.29, 0.717) is 4.73 Å². The monoisotopic (exact) mass is 232 g/mol. The van der Waals surface area contributed by atoms with Crippen LogP contribution < -0.4 is 4.74 Å². The Labute approximate surface area is 86.3 Å². The minimum Gasteiger partial charge on any atom is -0.497 e. The van der Waals surface area contributed by atoms with Gasteiger partial charge in [-0.1, -0.05) is 0 Å². The number of nitrogens with one attached hydrogen (secondary N) is 1. The van der Waals surface area contributed by atoms with Crippen LogP contribution in [-0.4, -0.2) is 17.0 Å². The first-order chi connectivity index (χ1) is 8.20. The minimum absolute atomic E-state index is 0.120. The van der Waals surface area contributed by atoms with Crippen molar-refractivity contribution in [3.8, 4) is 5.75 Å². The number of aromatic amines is 1. The van der Waals surface area contributed by atoms with Crippen LogP contribution in [0.15, 0.2) is 22.9 Å². The van der Waals surface area contributed by atoms with E-state index in [1.165, 1.54) is 0 Å². The van der Waals surface area contributed by atoms with Gasteiger partial charge in [-0.3, -0.25) is 0 Å². The average Bonchev–Trinajstić information content (AvgIpc) is 2.62. The van der Waals surface area contributed by atoms with E-state index in [-0.39, 0.29) is 23.1 Å². The van der Waals surface area contributed by atoms with Crippen LogP contribution in [0.4, 0.5) is 0 Å². The Morgan fingerprint density at radius 1 is 1.75 bits per heavy atom. The topological polar surface area (TPSA) is 37.9 Å². The lowest BCUT2D eigenvalue weighted by Crippen LogP contribution is -1.80. The molecule has 0 aliphatic heterocycles. The van der Waals surface area contributed by atoms with Gasteiger partial charge in [-0.2, -0.15) is 0 Å². The van der Waals surface area contributed by atoms with Crippen molar-refractivity contribution in [3.63, 3.8) is 0 Å². The molecule has 0 amide bonds. The van der Waals surface area contributed by atoms with Crippen LogP contribution in [0.2, 0.25) is 0 Å². The summed E-state index contributed by atoms with van der Waals surface area (Å²) in [4.78, 5) is 6.58. The normalized spacial score (nSPS) is 18.8. The van der Waals surface area contributed by atoms with Crippen LogP contribution in [0.1, 0.15) is 8.22 Å². The van der Waals surface area contributed by atoms with E-state index in [1.807, 2.05) is 0 Å². The molecular weight excluding hydrogens is 220 g/mol. The molecule has 0 aliphatic carbocycles. The summed E-state index contributed by atoms with van der Waals surface area (Å²) in [7, 11) is -2.77. The number of nitrogens with zero attached hydrogens (tertiary/aromatic N) is 1. The van der Waals surface area contributed by atoms with Crippen molar-refractivity contribution in [2.24, 2.45) is 0 Å². The highest BCUT2D eigenvalue weighted by Crippen LogP contribution is 2.20. The second-order valence-corrected chi connectivity index (χ2v) is 2.81. The number of rotatable bonds is 1. The number of ether oxygens (including phenoxy) is 1. The van der Waals surface area contributed by atoms with Crippen molar-refractivity contribution in [1.82, 2.24) is 9.97 Å². The van der Waals surface area contributed by atoms with E-state index in [4.69, 9.17) is 8.22 Å². The number of hydrogen-bond donors (Lipinski definition) is 1. The number of H-pyrrole nitrogens is 1. The van der Waals surface area contributed by atoms with Crippen LogP contribution in [0.3, 0.4) is 0 Å². The lowest BCUT2D eigenvalue weighted by atomic mass is 10.3. The van der Waals surface area contributed by atoms with Gasteiger partial charge in [0.05, 0.1) is 26.3 Å². The Morgan fingerprint density at radius 3 is 3.50 bits per heavy atom. The van der Waals surface area contributed by atoms with E-state index in [9.17, 15) is 0 Å². The van der Waals surface area contributed by atoms with E-state index in [1.54, 1.807) is 0 Å². The van der Waals surface area contributed by atoms with Crippen LogP contribution >= 0.6 is 15.9 Å². The van der Waals surface area contributed by atoms with Crippen molar-refractivity contribution in [2.75, 3.05) is 7.04 Å². The Hall–Kier alpha value is -1.03. The molecule has 1 aromatic heterocycles. The standard InChI is InChI=1S/C8H7BrN2O/c1-12-5-2-3-6-7(4-5)11-8(9)10-6/h2-4H,1H3,(H,10,11)/i1D3,2D,3D,4D. The summed E-state index contributed by atoms with van der Waals surface area (Å²) >= 11 is 3.06. The molecule has 0 fully saturated rings. The summed E-state index contributed by atoms with van der Waals surface area (Å²) in [5.74, 6) is -0.455. The summed E-state index contributed by atoms with van der Waals surface area (Å²) in [5, 5.41) is 0. The molecule has 1 aromatic carbocycles. The van der Waals surface area contributed by atoms with E-state index >= 15 is 0 Å². The van der Waals surface area contributed by atoms with Crippen LogP contribution in [-0.2, 0) is 0 Å². The van der Waals surface area contributed by atoms with Gasteiger partial charge >= 0.3 is 0 Å². The molecule has 0 unspecified atom stereocenters. The second kappa shape index (κ2) is 2.79. The fourth-order valence-corrected chi connectivity index (χ4v) is 1.21. The Balaban J connectivity index is 2.74. The second-order valence-electron chi connectivity index (χ2n) is 2.06. The predicted molar refractivity (Wildman–Crippen MR) is 50.3 cm³/mol. The minimum atomic E-state index is -2.77. The van der Waals surface area contributed by atoms with Gasteiger partial charge in [0, 0.05) is 6.04 Å². The van der Waals surface area contributed by atoms with E-state index in [0.717, 1.165) is 0 Å². The summed E-state index contributed by atoms with van der Waals surface area (Å²) in [6.45, 7) is 0. The van der Waals surface area contributed by atoms with Crippen molar-refractivity contribution >= 4 is 27.0 Å². The Kier molecular flexibility index (Phi) is 0.784. The van der Waals surface area contributed by atoms with Gasteiger partial charge in [0.15, 0.2) is 4.73 Å². The lowest BCUT2D eigenvalue weighted by molar-refractivity contribution is 0.415. The van der Waals surface area contributed by atoms with E-state index < -0.39 is 18.8 Å². The highest BCUT2D eigenvalue weighted by atomic mass is 79.9. The molecule has 0 saturated heterocycles. The molecule has 0 atom stereocenters.